The number of likely N-dealkylation sites (tertiary alicyclic amines) is 1. The van der Waals surface area contributed by atoms with E-state index in [1.54, 1.807) is 12.1 Å². The molecule has 0 bridgehead atoms. The number of anilines is 2. The highest BCUT2D eigenvalue weighted by Gasteiger charge is 2.21. The maximum atomic E-state index is 13.6. The highest BCUT2D eigenvalue weighted by molar-refractivity contribution is 5.72. The molecule has 166 valence electrons. The lowest BCUT2D eigenvalue weighted by Crippen LogP contribution is -2.33. The lowest BCUT2D eigenvalue weighted by Gasteiger charge is -2.21. The third-order valence-corrected chi connectivity index (χ3v) is 5.80. The zero-order chi connectivity index (χ0) is 21.9. The topological polar surface area (TPSA) is 86.2 Å². The van der Waals surface area contributed by atoms with E-state index in [2.05, 4.69) is 25.7 Å². The molecule has 3 aromatic heterocycles. The molecule has 9 heteroatoms. The van der Waals surface area contributed by atoms with E-state index in [1.807, 2.05) is 35.8 Å². The van der Waals surface area contributed by atoms with Crippen LogP contribution >= 0.6 is 0 Å². The van der Waals surface area contributed by atoms with Crippen molar-refractivity contribution in [3.05, 3.63) is 71.6 Å². The van der Waals surface area contributed by atoms with Crippen LogP contribution in [0.2, 0.25) is 0 Å². The molecule has 4 aromatic rings. The second kappa shape index (κ2) is 9.05. The number of benzene rings is 1. The van der Waals surface area contributed by atoms with Crippen molar-refractivity contribution in [2.45, 2.75) is 25.8 Å². The van der Waals surface area contributed by atoms with E-state index in [9.17, 15) is 4.39 Å². The van der Waals surface area contributed by atoms with Crippen LogP contribution in [-0.4, -0.2) is 55.9 Å². The molecule has 0 aliphatic carbocycles. The van der Waals surface area contributed by atoms with Crippen LogP contribution in [0.15, 0.2) is 48.7 Å². The molecule has 0 amide bonds. The molecule has 1 unspecified atom stereocenters. The fourth-order valence-corrected chi connectivity index (χ4v) is 4.16. The van der Waals surface area contributed by atoms with E-state index in [0.717, 1.165) is 43.0 Å². The fraction of sp³-hybridized carbons (Fsp3) is 0.348. The zero-order valence-corrected chi connectivity index (χ0v) is 18.1. The SMILES string of the molecule is Cc1cc(Nc2nc(C(NCCN3CCCC3)c3ccc(F)cc3)nn3cccc23)n[nH]1. The predicted octanol–water partition coefficient (Wildman–Crippen LogP) is 3.42. The van der Waals surface area contributed by atoms with E-state index in [0.29, 0.717) is 17.5 Å². The molecule has 1 aliphatic heterocycles. The molecular formula is C23H27FN8. The Labute approximate surface area is 185 Å². The van der Waals surface area contributed by atoms with Crippen molar-refractivity contribution >= 4 is 17.2 Å². The summed E-state index contributed by atoms with van der Waals surface area (Å²) in [6.45, 7) is 5.99. The van der Waals surface area contributed by atoms with E-state index in [1.165, 1.54) is 25.0 Å². The lowest BCUT2D eigenvalue weighted by molar-refractivity contribution is 0.330. The van der Waals surface area contributed by atoms with Gasteiger partial charge in [0.05, 0.1) is 6.04 Å². The first-order valence-corrected chi connectivity index (χ1v) is 11.0. The van der Waals surface area contributed by atoms with Gasteiger partial charge in [0, 0.05) is 31.0 Å². The molecular weight excluding hydrogens is 407 g/mol. The lowest BCUT2D eigenvalue weighted by atomic mass is 10.1. The minimum atomic E-state index is -0.272. The van der Waals surface area contributed by atoms with Gasteiger partial charge in [-0.05, 0) is 62.7 Å². The van der Waals surface area contributed by atoms with Crippen molar-refractivity contribution in [2.75, 3.05) is 31.5 Å². The van der Waals surface area contributed by atoms with Crippen LogP contribution in [-0.2, 0) is 0 Å². The van der Waals surface area contributed by atoms with Gasteiger partial charge in [0.25, 0.3) is 0 Å². The minimum absolute atomic E-state index is 0.261. The number of rotatable bonds is 8. The van der Waals surface area contributed by atoms with Crippen LogP contribution in [0.25, 0.3) is 5.52 Å². The molecule has 0 radical (unpaired) electrons. The first kappa shape index (κ1) is 20.6. The molecule has 1 atom stereocenters. The maximum Gasteiger partial charge on any atom is 0.173 e. The van der Waals surface area contributed by atoms with Crippen molar-refractivity contribution in [1.82, 2.24) is 35.0 Å². The van der Waals surface area contributed by atoms with Crippen LogP contribution < -0.4 is 10.6 Å². The van der Waals surface area contributed by atoms with E-state index < -0.39 is 0 Å². The van der Waals surface area contributed by atoms with Crippen LogP contribution in [0.3, 0.4) is 0 Å². The Bertz CT molecular complexity index is 1180. The Kier molecular flexibility index (Phi) is 5.83. The molecule has 1 fully saturated rings. The van der Waals surface area contributed by atoms with Gasteiger partial charge in [0.15, 0.2) is 17.5 Å². The fourth-order valence-electron chi connectivity index (χ4n) is 4.16. The maximum absolute atomic E-state index is 13.6. The quantitative estimate of drug-likeness (QED) is 0.394. The summed E-state index contributed by atoms with van der Waals surface area (Å²) in [5.74, 6) is 1.70. The van der Waals surface area contributed by atoms with E-state index in [4.69, 9.17) is 10.1 Å². The van der Waals surface area contributed by atoms with E-state index in [-0.39, 0.29) is 11.9 Å². The average molecular weight is 435 g/mol. The molecule has 3 N–H and O–H groups in total. The average Bonchev–Trinajstić information content (AvgIpc) is 3.54. The molecule has 32 heavy (non-hydrogen) atoms. The highest BCUT2D eigenvalue weighted by atomic mass is 19.1. The third-order valence-electron chi connectivity index (χ3n) is 5.80. The minimum Gasteiger partial charge on any atom is -0.322 e. The molecule has 1 aromatic carbocycles. The van der Waals surface area contributed by atoms with Crippen LogP contribution in [0.4, 0.5) is 16.0 Å². The summed E-state index contributed by atoms with van der Waals surface area (Å²) in [4.78, 5) is 7.32. The molecule has 1 aliphatic rings. The summed E-state index contributed by atoms with van der Waals surface area (Å²) >= 11 is 0. The van der Waals surface area contributed by atoms with Crippen molar-refractivity contribution in [1.29, 1.82) is 0 Å². The summed E-state index contributed by atoms with van der Waals surface area (Å²) < 4.78 is 15.4. The number of aryl methyl sites for hydroxylation is 1. The standard InChI is InChI=1S/C23H27FN8/c1-16-15-20(29-28-16)26-22-19-5-4-13-32(19)30-23(27-22)21(17-6-8-18(24)9-7-17)25-10-14-31-11-2-3-12-31/h4-9,13,15,21,25H,2-3,10-12,14H2,1H3,(H2,26,27,28,29,30). The number of halogens is 1. The molecule has 5 rings (SSSR count). The van der Waals surface area contributed by atoms with Gasteiger partial charge in [-0.2, -0.15) is 10.2 Å². The summed E-state index contributed by atoms with van der Waals surface area (Å²) in [6, 6.07) is 12.1. The zero-order valence-electron chi connectivity index (χ0n) is 18.1. The summed E-state index contributed by atoms with van der Waals surface area (Å²) in [5, 5.41) is 18.9. The molecule has 0 spiro atoms. The Balaban J connectivity index is 1.47. The molecule has 4 heterocycles. The molecule has 8 nitrogen and oxygen atoms in total. The predicted molar refractivity (Wildman–Crippen MR) is 122 cm³/mol. The monoisotopic (exact) mass is 434 g/mol. The molecule has 0 saturated carbocycles. The van der Waals surface area contributed by atoms with Crippen LogP contribution in [0.1, 0.15) is 36.0 Å². The summed E-state index contributed by atoms with van der Waals surface area (Å²) in [5.41, 5.74) is 2.73. The van der Waals surface area contributed by atoms with Gasteiger partial charge in [0.2, 0.25) is 0 Å². The van der Waals surface area contributed by atoms with Gasteiger partial charge in [-0.1, -0.05) is 12.1 Å². The number of aromatic amines is 1. The normalized spacial score (nSPS) is 15.4. The van der Waals surface area contributed by atoms with Gasteiger partial charge in [-0.25, -0.2) is 13.9 Å². The van der Waals surface area contributed by atoms with Crippen molar-refractivity contribution < 1.29 is 4.39 Å². The van der Waals surface area contributed by atoms with Crippen molar-refractivity contribution in [3.63, 3.8) is 0 Å². The third kappa shape index (κ3) is 4.49. The number of hydrogen-bond acceptors (Lipinski definition) is 6. The van der Waals surface area contributed by atoms with Crippen molar-refractivity contribution in [2.24, 2.45) is 0 Å². The number of hydrogen-bond donors (Lipinski definition) is 3. The molecule has 1 saturated heterocycles. The van der Waals surface area contributed by atoms with Gasteiger partial charge < -0.3 is 15.5 Å². The highest BCUT2D eigenvalue weighted by Crippen LogP contribution is 2.25. The van der Waals surface area contributed by atoms with E-state index >= 15 is 0 Å². The summed E-state index contributed by atoms with van der Waals surface area (Å²) in [6.07, 6.45) is 4.42. The Morgan fingerprint density at radius 2 is 1.97 bits per heavy atom. The Morgan fingerprint density at radius 3 is 2.72 bits per heavy atom. The number of aromatic nitrogens is 5. The van der Waals surface area contributed by atoms with Gasteiger partial charge in [-0.15, -0.1) is 0 Å². The second-order valence-corrected chi connectivity index (χ2v) is 8.21. The largest absolute Gasteiger partial charge is 0.322 e. The second-order valence-electron chi connectivity index (χ2n) is 8.21. The Morgan fingerprint density at radius 1 is 1.16 bits per heavy atom. The van der Waals surface area contributed by atoms with Crippen LogP contribution in [0.5, 0.6) is 0 Å². The van der Waals surface area contributed by atoms with Gasteiger partial charge in [-0.3, -0.25) is 5.10 Å². The van der Waals surface area contributed by atoms with Crippen LogP contribution in [0, 0.1) is 12.7 Å². The smallest absolute Gasteiger partial charge is 0.173 e. The van der Waals surface area contributed by atoms with Crippen molar-refractivity contribution in [3.8, 4) is 0 Å². The van der Waals surface area contributed by atoms with Gasteiger partial charge in [0.1, 0.15) is 11.3 Å². The first-order chi connectivity index (χ1) is 15.7. The van der Waals surface area contributed by atoms with Gasteiger partial charge >= 0.3 is 0 Å². The Hall–Kier alpha value is -3.30. The number of fused-ring (bicyclic) bond motifs is 1. The number of H-pyrrole nitrogens is 1. The number of nitrogens with zero attached hydrogens (tertiary/aromatic N) is 5. The number of nitrogens with one attached hydrogen (secondary N) is 3. The summed E-state index contributed by atoms with van der Waals surface area (Å²) in [7, 11) is 0. The first-order valence-electron chi connectivity index (χ1n) is 11.0.